The van der Waals surface area contributed by atoms with Crippen molar-refractivity contribution in [2.75, 3.05) is 32.9 Å². The highest BCUT2D eigenvalue weighted by Gasteiger charge is 2.43. The lowest BCUT2D eigenvalue weighted by Crippen LogP contribution is -2.57. The number of aliphatic hydroxyl groups excluding tert-OH is 6. The monoisotopic (exact) mass is 636 g/mol. The highest BCUT2D eigenvalue weighted by atomic mass is 16.7. The van der Waals surface area contributed by atoms with Gasteiger partial charge in [-0.15, -0.1) is 5.06 Å². The van der Waals surface area contributed by atoms with Crippen molar-refractivity contribution in [1.29, 1.82) is 0 Å². The molecule has 0 aromatic carbocycles. The molecule has 252 valence electrons. The van der Waals surface area contributed by atoms with Gasteiger partial charge in [0.05, 0.1) is 32.0 Å². The predicted octanol–water partition coefficient (Wildman–Crippen LogP) is -3.29. The number of aliphatic hydroxyl groups is 6. The zero-order valence-corrected chi connectivity index (χ0v) is 24.8. The number of unbranched alkanes of at least 4 members (excludes halogenated alkanes) is 1. The second-order valence-electron chi connectivity index (χ2n) is 11.1. The molecule has 0 radical (unpaired) electrons. The van der Waals surface area contributed by atoms with Crippen LogP contribution in [0, 0.1) is 0 Å². The number of rotatable bonds is 15. The van der Waals surface area contributed by atoms with Crippen molar-refractivity contribution in [3.05, 3.63) is 0 Å². The number of nitrogens with zero attached hydrogens (tertiary/aromatic N) is 2. The Labute approximate surface area is 254 Å². The van der Waals surface area contributed by atoms with Crippen LogP contribution < -0.4 is 0 Å². The number of carbonyl (C=O) groups excluding carboxylic acids is 4. The Balaban J connectivity index is 1.47. The van der Waals surface area contributed by atoms with Crippen LogP contribution in [-0.4, -0.2) is 158 Å². The first-order chi connectivity index (χ1) is 20.8. The Kier molecular flexibility index (Phi) is 13.8. The molecule has 0 aromatic heterocycles. The van der Waals surface area contributed by atoms with Gasteiger partial charge in [0.15, 0.2) is 6.29 Å². The number of hydroxylamine groups is 2. The van der Waals surface area contributed by atoms with Crippen LogP contribution in [0.3, 0.4) is 0 Å². The number of carbonyl (C=O) groups is 4. The standard InChI is InChI=1S/C27H44N2O15/c1-14-21(34)24(37)23(36)16(42-14)13-40-11-9-28(10-12-41-27-26(39)25(38)22(35)15(2)43-27)17(30)5-3-4-6-20(33)44-29-18(31)7-8-19(29)32/h14-16,21-27,34-39H,3-13H2,1-2H3/t14-,15-,16-,21+,22+,23+,24+,25+,26-,27+/m0/s1. The summed E-state index contributed by atoms with van der Waals surface area (Å²) in [4.78, 5) is 54.5. The van der Waals surface area contributed by atoms with E-state index < -0.39 is 79.0 Å². The second kappa shape index (κ2) is 16.8. The Morgan fingerprint density at radius 2 is 1.36 bits per heavy atom. The largest absolute Gasteiger partial charge is 0.388 e. The van der Waals surface area contributed by atoms with Crippen LogP contribution in [0.5, 0.6) is 0 Å². The van der Waals surface area contributed by atoms with Gasteiger partial charge in [0, 0.05) is 38.8 Å². The molecule has 0 saturated carbocycles. The lowest BCUT2D eigenvalue weighted by molar-refractivity contribution is -0.293. The quantitative estimate of drug-likeness (QED) is 0.0762. The number of ether oxygens (including phenoxy) is 4. The van der Waals surface area contributed by atoms with Gasteiger partial charge >= 0.3 is 5.97 Å². The van der Waals surface area contributed by atoms with Gasteiger partial charge in [0.1, 0.15) is 42.7 Å². The first-order valence-electron chi connectivity index (χ1n) is 14.7. The molecule has 6 N–H and O–H groups in total. The van der Waals surface area contributed by atoms with Crippen LogP contribution in [0.1, 0.15) is 52.4 Å². The third-order valence-corrected chi connectivity index (χ3v) is 7.76. The molecule has 0 unspecified atom stereocenters. The van der Waals surface area contributed by atoms with Gasteiger partial charge < -0.3 is 59.3 Å². The molecule has 0 spiro atoms. The van der Waals surface area contributed by atoms with Crippen molar-refractivity contribution >= 4 is 23.7 Å². The summed E-state index contributed by atoms with van der Waals surface area (Å²) < 4.78 is 22.0. The average Bonchev–Trinajstić information content (AvgIpc) is 3.31. The van der Waals surface area contributed by atoms with E-state index in [0.717, 1.165) is 0 Å². The molecule has 3 heterocycles. The Hall–Kier alpha value is -2.32. The Bertz CT molecular complexity index is 969. The molecule has 0 aliphatic carbocycles. The van der Waals surface area contributed by atoms with Crippen molar-refractivity contribution in [3.8, 4) is 0 Å². The first kappa shape index (κ1) is 36.2. The van der Waals surface area contributed by atoms with Crippen molar-refractivity contribution in [1.82, 2.24) is 9.96 Å². The molecule has 3 aliphatic heterocycles. The van der Waals surface area contributed by atoms with Gasteiger partial charge in [-0.1, -0.05) is 0 Å². The molecule has 3 fully saturated rings. The average molecular weight is 637 g/mol. The maximum Gasteiger partial charge on any atom is 0.333 e. The number of hydrogen-bond donors (Lipinski definition) is 6. The van der Waals surface area contributed by atoms with E-state index >= 15 is 0 Å². The smallest absolute Gasteiger partial charge is 0.333 e. The van der Waals surface area contributed by atoms with Gasteiger partial charge in [0.25, 0.3) is 11.8 Å². The predicted molar refractivity (Wildman–Crippen MR) is 144 cm³/mol. The molecular formula is C27H44N2O15. The van der Waals surface area contributed by atoms with Gasteiger partial charge in [-0.3, -0.25) is 14.4 Å². The summed E-state index contributed by atoms with van der Waals surface area (Å²) in [6.45, 7) is 2.91. The van der Waals surface area contributed by atoms with E-state index in [4.69, 9.17) is 23.8 Å². The summed E-state index contributed by atoms with van der Waals surface area (Å²) in [6, 6.07) is 0. The van der Waals surface area contributed by atoms with Crippen LogP contribution >= 0.6 is 0 Å². The molecular weight excluding hydrogens is 592 g/mol. The lowest BCUT2D eigenvalue weighted by Gasteiger charge is -2.39. The minimum atomic E-state index is -1.52. The molecule has 3 saturated heterocycles. The van der Waals surface area contributed by atoms with Crippen LogP contribution in [0.25, 0.3) is 0 Å². The van der Waals surface area contributed by atoms with Crippen LogP contribution in [0.4, 0.5) is 0 Å². The molecule has 3 rings (SSSR count). The number of hydrogen-bond acceptors (Lipinski definition) is 15. The normalized spacial score (nSPS) is 34.3. The van der Waals surface area contributed by atoms with Crippen molar-refractivity contribution < 1.29 is 73.6 Å². The molecule has 17 nitrogen and oxygen atoms in total. The highest BCUT2D eigenvalue weighted by molar-refractivity contribution is 6.01. The zero-order chi connectivity index (χ0) is 32.6. The Morgan fingerprint density at radius 3 is 2.02 bits per heavy atom. The van der Waals surface area contributed by atoms with Crippen LogP contribution in [0.15, 0.2) is 0 Å². The summed E-state index contributed by atoms with van der Waals surface area (Å²) in [5.74, 6) is -2.27. The summed E-state index contributed by atoms with van der Waals surface area (Å²) >= 11 is 0. The minimum absolute atomic E-state index is 0.0000612. The topological polar surface area (TPSA) is 242 Å². The summed E-state index contributed by atoms with van der Waals surface area (Å²) in [5, 5.41) is 60.5. The third kappa shape index (κ3) is 9.59. The summed E-state index contributed by atoms with van der Waals surface area (Å²) in [5.41, 5.74) is 0. The molecule has 3 amide bonds. The summed E-state index contributed by atoms with van der Waals surface area (Å²) in [7, 11) is 0. The molecule has 0 aromatic rings. The van der Waals surface area contributed by atoms with Crippen molar-refractivity contribution in [2.24, 2.45) is 0 Å². The minimum Gasteiger partial charge on any atom is -0.388 e. The highest BCUT2D eigenvalue weighted by Crippen LogP contribution is 2.23. The van der Waals surface area contributed by atoms with Crippen LogP contribution in [-0.2, 0) is 43.0 Å². The number of amides is 3. The van der Waals surface area contributed by atoms with E-state index in [1.165, 1.54) is 11.8 Å². The zero-order valence-electron chi connectivity index (χ0n) is 24.8. The van der Waals surface area contributed by atoms with E-state index in [1.807, 2.05) is 0 Å². The van der Waals surface area contributed by atoms with E-state index in [0.29, 0.717) is 5.06 Å². The molecule has 44 heavy (non-hydrogen) atoms. The SMILES string of the molecule is C[C@@H]1O[C@@H](COCCN(CCO[C@@H]2O[C@@H](C)[C@@H](O)[C@@H](O)[C@@H]2O)C(=O)CCCCC(=O)ON2C(=O)CCC2=O)[C@@H](O)[C@H](O)[C@@H]1O. The maximum atomic E-state index is 13.0. The Morgan fingerprint density at radius 1 is 0.795 bits per heavy atom. The van der Waals surface area contributed by atoms with Crippen LogP contribution in [0.2, 0.25) is 0 Å². The first-order valence-corrected chi connectivity index (χ1v) is 14.7. The fourth-order valence-electron chi connectivity index (χ4n) is 4.95. The van der Waals surface area contributed by atoms with E-state index in [-0.39, 0.29) is 77.3 Å². The second-order valence-corrected chi connectivity index (χ2v) is 11.1. The van der Waals surface area contributed by atoms with E-state index in [1.54, 1.807) is 6.92 Å². The maximum absolute atomic E-state index is 13.0. The fraction of sp³-hybridized carbons (Fsp3) is 0.852. The molecule has 3 aliphatic rings. The van der Waals surface area contributed by atoms with Crippen molar-refractivity contribution in [3.63, 3.8) is 0 Å². The van der Waals surface area contributed by atoms with Gasteiger partial charge in [-0.05, 0) is 26.7 Å². The fourth-order valence-corrected chi connectivity index (χ4v) is 4.95. The van der Waals surface area contributed by atoms with Gasteiger partial charge in [0.2, 0.25) is 5.91 Å². The molecule has 10 atom stereocenters. The summed E-state index contributed by atoms with van der Waals surface area (Å²) in [6.07, 6.45) is -11.6. The molecule has 0 bridgehead atoms. The van der Waals surface area contributed by atoms with Gasteiger partial charge in [-0.2, -0.15) is 0 Å². The van der Waals surface area contributed by atoms with Crippen molar-refractivity contribution in [2.45, 2.75) is 114 Å². The van der Waals surface area contributed by atoms with E-state index in [9.17, 15) is 49.8 Å². The number of imide groups is 1. The lowest BCUT2D eigenvalue weighted by atomic mass is 9.96. The third-order valence-electron chi connectivity index (χ3n) is 7.76. The van der Waals surface area contributed by atoms with Gasteiger partial charge in [-0.25, -0.2) is 4.79 Å². The molecule has 17 heteroatoms. The van der Waals surface area contributed by atoms with E-state index in [2.05, 4.69) is 0 Å².